The smallest absolute Gasteiger partial charge is 0.408 e. The Bertz CT molecular complexity index is 868. The number of ketones is 1. The fourth-order valence-electron chi connectivity index (χ4n) is 2.33. The summed E-state index contributed by atoms with van der Waals surface area (Å²) in [5, 5.41) is 30.6. The number of nitrogens with one attached hydrogen (secondary N) is 1. The zero-order valence-electron chi connectivity index (χ0n) is 15.2. The van der Waals surface area contributed by atoms with Crippen LogP contribution in [0.3, 0.4) is 0 Å². The molecule has 154 valence electrons. The van der Waals surface area contributed by atoms with E-state index < -0.39 is 42.8 Å². The predicted molar refractivity (Wildman–Crippen MR) is 94.6 cm³/mol. The van der Waals surface area contributed by atoms with Gasteiger partial charge in [0.2, 0.25) is 0 Å². The van der Waals surface area contributed by atoms with E-state index in [1.54, 1.807) is 30.3 Å². The molecule has 0 radical (unpaired) electrons. The van der Waals surface area contributed by atoms with Gasteiger partial charge in [0, 0.05) is 6.42 Å². The van der Waals surface area contributed by atoms with Crippen molar-refractivity contribution in [3.8, 4) is 0 Å². The molecule has 0 saturated heterocycles. The van der Waals surface area contributed by atoms with Crippen molar-refractivity contribution in [1.29, 1.82) is 0 Å². The number of tetrazole rings is 1. The summed E-state index contributed by atoms with van der Waals surface area (Å²) in [6.45, 7) is -0.480. The van der Waals surface area contributed by atoms with Gasteiger partial charge in [-0.3, -0.25) is 14.4 Å². The lowest BCUT2D eigenvalue weighted by atomic mass is 10.1. The van der Waals surface area contributed by atoms with Crippen LogP contribution in [-0.4, -0.2) is 60.3 Å². The molecule has 0 saturated carbocycles. The van der Waals surface area contributed by atoms with Gasteiger partial charge in [0.25, 0.3) is 0 Å². The average molecular weight is 405 g/mol. The maximum atomic E-state index is 12.5. The maximum Gasteiger partial charge on any atom is 0.408 e. The van der Waals surface area contributed by atoms with Crippen LogP contribution in [0, 0.1) is 0 Å². The summed E-state index contributed by atoms with van der Waals surface area (Å²) in [6, 6.07) is 7.44. The molecule has 0 fully saturated rings. The Morgan fingerprint density at radius 3 is 2.48 bits per heavy atom. The number of benzene rings is 1. The number of aliphatic carboxylic acids is 2. The minimum absolute atomic E-state index is 0.00818. The molecule has 0 spiro atoms. The highest BCUT2D eigenvalue weighted by atomic mass is 16.5. The lowest BCUT2D eigenvalue weighted by molar-refractivity contribution is -0.139. The third kappa shape index (κ3) is 7.36. The van der Waals surface area contributed by atoms with E-state index in [0.717, 1.165) is 10.2 Å². The summed E-state index contributed by atoms with van der Waals surface area (Å²) in [4.78, 5) is 46.2. The number of aryl methyl sites for hydroxylation is 1. The summed E-state index contributed by atoms with van der Waals surface area (Å²) >= 11 is 0. The molecule has 12 nitrogen and oxygen atoms in total. The summed E-state index contributed by atoms with van der Waals surface area (Å²) in [7, 11) is 0. The van der Waals surface area contributed by atoms with Crippen LogP contribution in [0.4, 0.5) is 4.79 Å². The predicted octanol–water partition coefficient (Wildman–Crippen LogP) is 0.0291. The number of hydrogen-bond acceptors (Lipinski definition) is 8. The van der Waals surface area contributed by atoms with Crippen molar-refractivity contribution < 1.29 is 34.1 Å². The largest absolute Gasteiger partial charge is 0.481 e. The van der Waals surface area contributed by atoms with E-state index in [1.165, 1.54) is 0 Å². The molecule has 2 rings (SSSR count). The van der Waals surface area contributed by atoms with Gasteiger partial charge in [-0.15, -0.1) is 5.10 Å². The Hall–Kier alpha value is -3.83. The minimum Gasteiger partial charge on any atom is -0.481 e. The first kappa shape index (κ1) is 21.5. The molecule has 1 heterocycles. The molecule has 1 amide bonds. The highest BCUT2D eigenvalue weighted by Crippen LogP contribution is 2.04. The van der Waals surface area contributed by atoms with E-state index in [9.17, 15) is 19.2 Å². The number of amides is 1. The highest BCUT2D eigenvalue weighted by Gasteiger charge is 2.26. The van der Waals surface area contributed by atoms with Gasteiger partial charge in [-0.25, -0.2) is 9.48 Å². The molecule has 1 aromatic heterocycles. The third-order valence-corrected chi connectivity index (χ3v) is 3.75. The van der Waals surface area contributed by atoms with Crippen LogP contribution in [0.25, 0.3) is 0 Å². The molecule has 1 unspecified atom stereocenters. The van der Waals surface area contributed by atoms with Crippen LogP contribution in [0.15, 0.2) is 30.3 Å². The molecule has 1 aromatic carbocycles. The average Bonchev–Trinajstić information content (AvgIpc) is 3.11. The first-order valence-electron chi connectivity index (χ1n) is 8.53. The summed E-state index contributed by atoms with van der Waals surface area (Å²) in [6.07, 6.45) is -1.86. The summed E-state index contributed by atoms with van der Waals surface area (Å²) < 4.78 is 6.07. The Morgan fingerprint density at radius 2 is 1.83 bits per heavy atom. The van der Waals surface area contributed by atoms with Crippen molar-refractivity contribution in [2.45, 2.75) is 38.5 Å². The number of aromatic nitrogens is 4. The second-order valence-corrected chi connectivity index (χ2v) is 5.97. The van der Waals surface area contributed by atoms with Crippen LogP contribution in [0.1, 0.15) is 24.2 Å². The molecule has 12 heteroatoms. The first-order chi connectivity index (χ1) is 13.8. The molecule has 0 aliphatic heterocycles. The number of nitrogens with zero attached hydrogens (tertiary/aromatic N) is 4. The molecule has 0 aliphatic carbocycles. The van der Waals surface area contributed by atoms with Crippen LogP contribution >= 0.6 is 0 Å². The SMILES string of the molecule is O=C(O)CCc1nnnn1CC(=O)C(CC(=O)O)NC(=O)OCc1ccccc1. The van der Waals surface area contributed by atoms with E-state index in [-0.39, 0.29) is 25.3 Å². The van der Waals surface area contributed by atoms with E-state index in [1.807, 2.05) is 0 Å². The van der Waals surface area contributed by atoms with Crippen molar-refractivity contribution in [3.05, 3.63) is 41.7 Å². The number of hydrogen-bond donors (Lipinski definition) is 3. The van der Waals surface area contributed by atoms with Gasteiger partial charge in [-0.05, 0) is 16.0 Å². The first-order valence-corrected chi connectivity index (χ1v) is 8.53. The van der Waals surface area contributed by atoms with Gasteiger partial charge in [-0.1, -0.05) is 30.3 Å². The number of carboxylic acid groups (broad SMARTS) is 2. The van der Waals surface area contributed by atoms with E-state index in [0.29, 0.717) is 0 Å². The Balaban J connectivity index is 1.97. The number of carbonyl (C=O) groups excluding carboxylic acids is 2. The van der Waals surface area contributed by atoms with E-state index >= 15 is 0 Å². The Morgan fingerprint density at radius 1 is 1.10 bits per heavy atom. The lowest BCUT2D eigenvalue weighted by Gasteiger charge is -2.16. The number of carboxylic acids is 2. The van der Waals surface area contributed by atoms with Gasteiger partial charge >= 0.3 is 18.0 Å². The molecule has 0 bridgehead atoms. The molecule has 29 heavy (non-hydrogen) atoms. The second kappa shape index (κ2) is 10.5. The number of Topliss-reactive ketones (excluding diaryl/α,β-unsaturated/α-hetero) is 1. The maximum absolute atomic E-state index is 12.5. The molecular weight excluding hydrogens is 386 g/mol. The van der Waals surface area contributed by atoms with Gasteiger partial charge in [0.15, 0.2) is 11.6 Å². The van der Waals surface area contributed by atoms with Crippen molar-refractivity contribution in [2.75, 3.05) is 0 Å². The molecule has 0 aliphatic rings. The monoisotopic (exact) mass is 405 g/mol. The van der Waals surface area contributed by atoms with Crippen LogP contribution < -0.4 is 5.32 Å². The molecular formula is C17H19N5O7. The molecule has 2 aromatic rings. The fourth-order valence-corrected chi connectivity index (χ4v) is 2.33. The van der Waals surface area contributed by atoms with Crippen LogP contribution in [0.5, 0.6) is 0 Å². The second-order valence-electron chi connectivity index (χ2n) is 5.97. The number of ether oxygens (including phenoxy) is 1. The minimum atomic E-state index is -1.37. The molecule has 3 N–H and O–H groups in total. The summed E-state index contributed by atoms with van der Waals surface area (Å²) in [5.74, 6) is -2.87. The van der Waals surface area contributed by atoms with E-state index in [2.05, 4.69) is 20.8 Å². The zero-order valence-corrected chi connectivity index (χ0v) is 15.2. The van der Waals surface area contributed by atoms with Crippen molar-refractivity contribution in [1.82, 2.24) is 25.5 Å². The van der Waals surface area contributed by atoms with E-state index in [4.69, 9.17) is 14.9 Å². The number of alkyl carbamates (subject to hydrolysis) is 1. The van der Waals surface area contributed by atoms with Gasteiger partial charge in [0.05, 0.1) is 12.8 Å². The van der Waals surface area contributed by atoms with Gasteiger partial charge < -0.3 is 20.3 Å². The van der Waals surface area contributed by atoms with Crippen molar-refractivity contribution in [3.63, 3.8) is 0 Å². The summed E-state index contributed by atoms with van der Waals surface area (Å²) in [5.41, 5.74) is 0.723. The lowest BCUT2D eigenvalue weighted by Crippen LogP contribution is -2.44. The standard InChI is InChI=1S/C17H19N5O7/c23-13(9-22-14(19-20-21-22)6-7-15(24)25)12(8-16(26)27)18-17(28)29-10-11-4-2-1-3-5-11/h1-5,12H,6-10H2,(H,18,28)(H,24,25)(H,26,27). The fraction of sp³-hybridized carbons (Fsp3) is 0.353. The molecule has 1 atom stereocenters. The Labute approximate surface area is 164 Å². The third-order valence-electron chi connectivity index (χ3n) is 3.75. The number of rotatable bonds is 11. The zero-order chi connectivity index (χ0) is 21.2. The van der Waals surface area contributed by atoms with Crippen LogP contribution in [0.2, 0.25) is 0 Å². The van der Waals surface area contributed by atoms with Gasteiger partial charge in [-0.2, -0.15) is 0 Å². The normalized spacial score (nSPS) is 11.4. The van der Waals surface area contributed by atoms with Crippen molar-refractivity contribution in [2.24, 2.45) is 0 Å². The number of carbonyl (C=O) groups is 4. The quantitative estimate of drug-likeness (QED) is 0.462. The Kier molecular flexibility index (Phi) is 7.77. The highest BCUT2D eigenvalue weighted by molar-refractivity contribution is 5.90. The van der Waals surface area contributed by atoms with Crippen LogP contribution in [-0.2, 0) is 38.7 Å². The van der Waals surface area contributed by atoms with Gasteiger partial charge in [0.1, 0.15) is 19.2 Å². The van der Waals surface area contributed by atoms with Crippen molar-refractivity contribution >= 4 is 23.8 Å². The topological polar surface area (TPSA) is 174 Å².